The van der Waals surface area contributed by atoms with Crippen LogP contribution in [0.1, 0.15) is 63.2 Å². The summed E-state index contributed by atoms with van der Waals surface area (Å²) in [5.41, 5.74) is 2.14. The third-order valence-electron chi connectivity index (χ3n) is 6.40. The van der Waals surface area contributed by atoms with Gasteiger partial charge in [0.2, 0.25) is 0 Å². The van der Waals surface area contributed by atoms with Crippen molar-refractivity contribution in [1.29, 1.82) is 0 Å². The zero-order chi connectivity index (χ0) is 20.1. The van der Waals surface area contributed by atoms with Crippen LogP contribution >= 0.6 is 0 Å². The lowest BCUT2D eigenvalue weighted by atomic mass is 9.85. The largest absolute Gasteiger partial charge is 0.443 e. The number of hydrogen-bond donors (Lipinski definition) is 1. The lowest BCUT2D eigenvalue weighted by molar-refractivity contribution is -0.126. The molecule has 2 aliphatic rings. The molecule has 5 nitrogen and oxygen atoms in total. The Balaban J connectivity index is 1.70. The minimum absolute atomic E-state index is 0.106. The third kappa shape index (κ3) is 5.06. The lowest BCUT2D eigenvalue weighted by Crippen LogP contribution is -2.44. The maximum absolute atomic E-state index is 12.8. The van der Waals surface area contributed by atoms with Crippen molar-refractivity contribution in [1.82, 2.24) is 5.32 Å². The smallest absolute Gasteiger partial charge is 0.407 e. The molecule has 1 amide bonds. The Hall–Kier alpha value is -1.59. The number of alkyl carbamates (subject to hydrolysis) is 1. The highest BCUT2D eigenvalue weighted by Crippen LogP contribution is 2.42. The number of hydrogen-bond acceptors (Lipinski definition) is 4. The van der Waals surface area contributed by atoms with Crippen LogP contribution in [-0.4, -0.2) is 32.1 Å². The van der Waals surface area contributed by atoms with Gasteiger partial charge in [0, 0.05) is 13.2 Å². The van der Waals surface area contributed by atoms with Gasteiger partial charge in [0.25, 0.3) is 0 Å². The first-order valence-corrected chi connectivity index (χ1v) is 10.6. The van der Waals surface area contributed by atoms with Crippen LogP contribution in [0.3, 0.4) is 0 Å². The van der Waals surface area contributed by atoms with Crippen molar-refractivity contribution >= 4 is 6.09 Å². The Kier molecular flexibility index (Phi) is 7.36. The van der Waals surface area contributed by atoms with Crippen molar-refractivity contribution < 1.29 is 19.0 Å². The number of nitrogens with one attached hydrogen (secondary N) is 1. The van der Waals surface area contributed by atoms with E-state index in [4.69, 9.17) is 14.2 Å². The van der Waals surface area contributed by atoms with Gasteiger partial charge in [-0.2, -0.15) is 0 Å². The molecule has 3 rings (SSSR count). The molecule has 2 saturated carbocycles. The zero-order valence-electron chi connectivity index (χ0n) is 17.6. The molecule has 5 unspecified atom stereocenters. The number of methoxy groups -OCH3 is 1. The second kappa shape index (κ2) is 9.75. The van der Waals surface area contributed by atoms with Crippen LogP contribution in [0.25, 0.3) is 0 Å². The number of aryl methyl sites for hydroxylation is 1. The third-order valence-corrected chi connectivity index (χ3v) is 6.40. The molecule has 1 aromatic carbocycles. The molecule has 5 atom stereocenters. The highest BCUT2D eigenvalue weighted by Gasteiger charge is 2.38. The van der Waals surface area contributed by atoms with Gasteiger partial charge in [-0.25, -0.2) is 4.79 Å². The summed E-state index contributed by atoms with van der Waals surface area (Å²) in [6, 6.07) is 8.32. The van der Waals surface area contributed by atoms with E-state index in [0.29, 0.717) is 5.92 Å². The van der Waals surface area contributed by atoms with Gasteiger partial charge < -0.3 is 19.5 Å². The van der Waals surface area contributed by atoms with Crippen LogP contribution < -0.4 is 5.32 Å². The van der Waals surface area contributed by atoms with Gasteiger partial charge in [-0.3, -0.25) is 0 Å². The van der Waals surface area contributed by atoms with Gasteiger partial charge >= 0.3 is 6.09 Å². The lowest BCUT2D eigenvalue weighted by Gasteiger charge is -2.33. The van der Waals surface area contributed by atoms with E-state index >= 15 is 0 Å². The molecule has 0 saturated heterocycles. The molecule has 5 heteroatoms. The first-order chi connectivity index (χ1) is 13.5. The van der Waals surface area contributed by atoms with Gasteiger partial charge in [0.15, 0.2) is 0 Å². The number of benzene rings is 1. The molecule has 0 aromatic heterocycles. The SMILES string of the molecule is COCOC(c1ccccc1C)C(OC(=O)NC1CCC2CCC1C2)C(C)C. The highest BCUT2D eigenvalue weighted by molar-refractivity contribution is 5.68. The van der Waals surface area contributed by atoms with Crippen LogP contribution in [0, 0.1) is 24.7 Å². The molecule has 0 radical (unpaired) electrons. The summed E-state index contributed by atoms with van der Waals surface area (Å²) in [5, 5.41) is 3.16. The summed E-state index contributed by atoms with van der Waals surface area (Å²) in [5.74, 6) is 1.59. The maximum atomic E-state index is 12.8. The average molecular weight is 390 g/mol. The van der Waals surface area contributed by atoms with Gasteiger partial charge in [-0.15, -0.1) is 0 Å². The molecule has 0 spiro atoms. The highest BCUT2D eigenvalue weighted by atomic mass is 16.7. The number of carbonyl (C=O) groups excluding carboxylic acids is 1. The number of rotatable bonds is 8. The quantitative estimate of drug-likeness (QED) is 0.637. The van der Waals surface area contributed by atoms with E-state index in [1.807, 2.05) is 18.2 Å². The average Bonchev–Trinajstić information content (AvgIpc) is 3.06. The van der Waals surface area contributed by atoms with E-state index in [9.17, 15) is 4.79 Å². The topological polar surface area (TPSA) is 56.8 Å². The summed E-state index contributed by atoms with van der Waals surface area (Å²) in [6.45, 7) is 6.32. The summed E-state index contributed by atoms with van der Waals surface area (Å²) in [4.78, 5) is 12.8. The van der Waals surface area contributed by atoms with Crippen molar-refractivity contribution in [2.45, 2.75) is 71.1 Å². The van der Waals surface area contributed by atoms with Gasteiger partial charge in [0.1, 0.15) is 19.0 Å². The van der Waals surface area contributed by atoms with Crippen LogP contribution in [0.4, 0.5) is 4.79 Å². The van der Waals surface area contributed by atoms with E-state index in [0.717, 1.165) is 23.5 Å². The van der Waals surface area contributed by atoms with E-state index in [1.165, 1.54) is 25.7 Å². The minimum atomic E-state index is -0.392. The Morgan fingerprint density at radius 2 is 1.93 bits per heavy atom. The standard InChI is InChI=1S/C23H35NO4/c1-15(2)21(22(27-14-26-4)19-8-6-5-7-16(19)3)28-23(25)24-20-12-10-17-9-11-18(20)13-17/h5-8,15,17-18,20-22H,9-14H2,1-4H3,(H,24,25). The van der Waals surface area contributed by atoms with Crippen LogP contribution in [0.5, 0.6) is 0 Å². The molecule has 2 fully saturated rings. The first kappa shape index (κ1) is 21.1. The molecule has 1 N–H and O–H groups in total. The summed E-state index contributed by atoms with van der Waals surface area (Å²) in [6.07, 6.45) is 5.00. The Labute approximate surface area is 169 Å². The Bertz CT molecular complexity index is 647. The number of amides is 1. The molecule has 1 aromatic rings. The predicted molar refractivity (Wildman–Crippen MR) is 109 cm³/mol. The van der Waals surface area contributed by atoms with Crippen LogP contribution in [0.2, 0.25) is 0 Å². The van der Waals surface area contributed by atoms with Gasteiger partial charge in [0.05, 0.1) is 0 Å². The van der Waals surface area contributed by atoms with Gasteiger partial charge in [-0.1, -0.05) is 44.5 Å². The molecular formula is C23H35NO4. The molecule has 156 valence electrons. The van der Waals surface area contributed by atoms with Crippen molar-refractivity contribution in [2.24, 2.45) is 17.8 Å². The van der Waals surface area contributed by atoms with Crippen molar-refractivity contribution in [2.75, 3.05) is 13.9 Å². The molecule has 0 heterocycles. The Morgan fingerprint density at radius 3 is 2.64 bits per heavy atom. The molecular weight excluding hydrogens is 354 g/mol. The fourth-order valence-corrected chi connectivity index (χ4v) is 4.85. The maximum Gasteiger partial charge on any atom is 0.407 e. The number of ether oxygens (including phenoxy) is 3. The van der Waals surface area contributed by atoms with E-state index in [2.05, 4.69) is 32.2 Å². The van der Waals surface area contributed by atoms with Crippen LogP contribution in [-0.2, 0) is 14.2 Å². The predicted octanol–water partition coefficient (Wildman–Crippen LogP) is 4.99. The van der Waals surface area contributed by atoms with E-state index < -0.39 is 6.10 Å². The number of carbonyl (C=O) groups is 1. The van der Waals surface area contributed by atoms with E-state index in [1.54, 1.807) is 7.11 Å². The second-order valence-corrected chi connectivity index (χ2v) is 8.73. The monoisotopic (exact) mass is 389 g/mol. The molecule has 2 bridgehead atoms. The second-order valence-electron chi connectivity index (χ2n) is 8.73. The summed E-state index contributed by atoms with van der Waals surface area (Å²) < 4.78 is 17.1. The summed E-state index contributed by atoms with van der Waals surface area (Å²) >= 11 is 0. The summed E-state index contributed by atoms with van der Waals surface area (Å²) in [7, 11) is 1.60. The van der Waals surface area contributed by atoms with Crippen molar-refractivity contribution in [3.05, 3.63) is 35.4 Å². The normalized spacial score (nSPS) is 26.1. The zero-order valence-corrected chi connectivity index (χ0v) is 17.6. The fraction of sp³-hybridized carbons (Fsp3) is 0.696. The van der Waals surface area contributed by atoms with Crippen molar-refractivity contribution in [3.63, 3.8) is 0 Å². The first-order valence-electron chi connectivity index (χ1n) is 10.6. The molecule has 0 aliphatic heterocycles. The minimum Gasteiger partial charge on any atom is -0.443 e. The molecule has 28 heavy (non-hydrogen) atoms. The van der Waals surface area contributed by atoms with Crippen LogP contribution in [0.15, 0.2) is 24.3 Å². The fourth-order valence-electron chi connectivity index (χ4n) is 4.85. The molecule has 2 aliphatic carbocycles. The van der Waals surface area contributed by atoms with Crippen molar-refractivity contribution in [3.8, 4) is 0 Å². The Morgan fingerprint density at radius 1 is 1.18 bits per heavy atom. The number of fused-ring (bicyclic) bond motifs is 2. The van der Waals surface area contributed by atoms with E-state index in [-0.39, 0.29) is 30.9 Å². The van der Waals surface area contributed by atoms with Gasteiger partial charge in [-0.05, 0) is 61.5 Å².